The normalized spacial score (nSPS) is 20.2. The van der Waals surface area contributed by atoms with Crippen molar-refractivity contribution in [3.05, 3.63) is 33.6 Å². The molecule has 1 aliphatic rings. The van der Waals surface area contributed by atoms with Crippen molar-refractivity contribution in [1.82, 2.24) is 4.90 Å². The number of hydrogen-bond acceptors (Lipinski definition) is 3. The summed E-state index contributed by atoms with van der Waals surface area (Å²) in [6.45, 7) is 6.73. The van der Waals surface area contributed by atoms with Gasteiger partial charge in [-0.05, 0) is 26.0 Å². The lowest BCUT2D eigenvalue weighted by Crippen LogP contribution is -2.49. The number of halogens is 4. The molecule has 0 spiro atoms. The highest BCUT2D eigenvalue weighted by molar-refractivity contribution is 6.35. The number of hydrogen-bond donors (Lipinski definition) is 1. The molecule has 1 saturated heterocycles. The second-order valence-corrected chi connectivity index (χ2v) is 6.69. The molecule has 1 fully saturated rings. The molecule has 1 unspecified atom stereocenters. The van der Waals surface area contributed by atoms with Crippen LogP contribution in [-0.4, -0.2) is 36.7 Å². The van der Waals surface area contributed by atoms with E-state index in [9.17, 15) is 4.39 Å². The van der Waals surface area contributed by atoms with Gasteiger partial charge in [0.15, 0.2) is 0 Å². The van der Waals surface area contributed by atoms with Crippen LogP contribution in [0.2, 0.25) is 10.0 Å². The van der Waals surface area contributed by atoms with E-state index in [1.807, 2.05) is 13.8 Å². The molecule has 2 N–H and O–H groups in total. The van der Waals surface area contributed by atoms with E-state index in [4.69, 9.17) is 33.7 Å². The highest BCUT2D eigenvalue weighted by atomic mass is 35.5. The first-order valence-electron chi connectivity index (χ1n) is 6.53. The fourth-order valence-corrected chi connectivity index (χ4v) is 2.90. The fourth-order valence-electron chi connectivity index (χ4n) is 2.40. The van der Waals surface area contributed by atoms with Gasteiger partial charge in [0.05, 0.1) is 17.7 Å². The number of rotatable bonds is 3. The van der Waals surface area contributed by atoms with Gasteiger partial charge in [-0.3, -0.25) is 4.90 Å². The Labute approximate surface area is 140 Å². The second-order valence-electron chi connectivity index (χ2n) is 5.87. The molecule has 0 saturated carbocycles. The monoisotopic (exact) mass is 356 g/mol. The van der Waals surface area contributed by atoms with Crippen molar-refractivity contribution in [3.63, 3.8) is 0 Å². The Morgan fingerprint density at radius 1 is 1.38 bits per heavy atom. The van der Waals surface area contributed by atoms with Gasteiger partial charge in [-0.2, -0.15) is 0 Å². The van der Waals surface area contributed by atoms with Gasteiger partial charge in [0, 0.05) is 35.8 Å². The number of nitrogens with two attached hydrogens (primary N) is 1. The first-order chi connectivity index (χ1) is 9.26. The van der Waals surface area contributed by atoms with E-state index in [0.29, 0.717) is 23.7 Å². The maximum Gasteiger partial charge on any atom is 0.142 e. The molecule has 3 nitrogen and oxygen atoms in total. The highest BCUT2D eigenvalue weighted by Gasteiger charge is 2.27. The Bertz CT molecular complexity index is 494. The number of benzene rings is 1. The van der Waals surface area contributed by atoms with Crippen LogP contribution in [-0.2, 0) is 4.74 Å². The first-order valence-corrected chi connectivity index (χ1v) is 7.29. The molecule has 7 heteroatoms. The maximum atomic E-state index is 13.6. The van der Waals surface area contributed by atoms with Crippen molar-refractivity contribution in [1.29, 1.82) is 0 Å². The zero-order valence-corrected chi connectivity index (χ0v) is 14.4. The SMILES string of the molecule is CC(C)(N)CN1CCOC(c2cc(F)c(Cl)cc2Cl)C1.Cl. The summed E-state index contributed by atoms with van der Waals surface area (Å²) in [4.78, 5) is 2.21. The topological polar surface area (TPSA) is 38.5 Å². The Hall–Kier alpha value is -0.100. The van der Waals surface area contributed by atoms with Crippen LogP contribution >= 0.6 is 35.6 Å². The standard InChI is InChI=1S/C14H19Cl2FN2O.ClH/c1-14(2,18)8-19-3-4-20-13(7-19)9-5-12(17)11(16)6-10(9)15;/h5-6,13H,3-4,7-8,18H2,1-2H3;1H. The van der Waals surface area contributed by atoms with Gasteiger partial charge in [0.25, 0.3) is 0 Å². The summed E-state index contributed by atoms with van der Waals surface area (Å²) < 4.78 is 19.3. The van der Waals surface area contributed by atoms with Gasteiger partial charge in [0.2, 0.25) is 0 Å². The van der Waals surface area contributed by atoms with E-state index in [1.54, 1.807) is 0 Å². The lowest BCUT2D eigenvalue weighted by atomic mass is 10.0. The summed E-state index contributed by atoms with van der Waals surface area (Å²) in [7, 11) is 0. The van der Waals surface area contributed by atoms with Crippen LogP contribution < -0.4 is 5.73 Å². The average Bonchev–Trinajstić information content (AvgIpc) is 2.32. The minimum atomic E-state index is -0.481. The minimum absolute atomic E-state index is 0. The predicted octanol–water partition coefficient (Wildman–Crippen LogP) is 3.66. The van der Waals surface area contributed by atoms with Crippen LogP contribution in [0.1, 0.15) is 25.5 Å². The van der Waals surface area contributed by atoms with E-state index in [-0.39, 0.29) is 29.1 Å². The van der Waals surface area contributed by atoms with E-state index >= 15 is 0 Å². The molecule has 1 aromatic rings. The fraction of sp³-hybridized carbons (Fsp3) is 0.571. The summed E-state index contributed by atoms with van der Waals surface area (Å²) in [6.07, 6.45) is -0.259. The molecule has 0 amide bonds. The largest absolute Gasteiger partial charge is 0.371 e. The molecule has 1 heterocycles. The van der Waals surface area contributed by atoms with Gasteiger partial charge < -0.3 is 10.5 Å². The van der Waals surface area contributed by atoms with Gasteiger partial charge in [-0.15, -0.1) is 12.4 Å². The third-order valence-corrected chi connectivity index (χ3v) is 3.79. The molecule has 0 aromatic heterocycles. The lowest BCUT2D eigenvalue weighted by molar-refractivity contribution is -0.0347. The van der Waals surface area contributed by atoms with Crippen molar-refractivity contribution in [2.24, 2.45) is 5.73 Å². The number of morpholine rings is 1. The molecule has 21 heavy (non-hydrogen) atoms. The molecule has 120 valence electrons. The summed E-state index contributed by atoms with van der Waals surface area (Å²) in [5.74, 6) is -0.481. The van der Waals surface area contributed by atoms with Crippen LogP contribution in [0.15, 0.2) is 12.1 Å². The highest BCUT2D eigenvalue weighted by Crippen LogP contribution is 2.32. The Kier molecular flexibility index (Phi) is 6.72. The van der Waals surface area contributed by atoms with Crippen LogP contribution in [0.3, 0.4) is 0 Å². The van der Waals surface area contributed by atoms with Gasteiger partial charge in [-0.1, -0.05) is 23.2 Å². The first kappa shape index (κ1) is 18.9. The molecule has 1 aliphatic heterocycles. The van der Waals surface area contributed by atoms with Crippen molar-refractivity contribution < 1.29 is 9.13 Å². The smallest absolute Gasteiger partial charge is 0.142 e. The van der Waals surface area contributed by atoms with Crippen LogP contribution in [0.5, 0.6) is 0 Å². The molecule has 2 rings (SSSR count). The Balaban J connectivity index is 0.00000220. The molecule has 1 aromatic carbocycles. The quantitative estimate of drug-likeness (QED) is 0.839. The summed E-state index contributed by atoms with van der Waals surface area (Å²) >= 11 is 11.9. The third kappa shape index (κ3) is 5.23. The molecule has 1 atom stereocenters. The van der Waals surface area contributed by atoms with E-state index in [2.05, 4.69) is 4.90 Å². The van der Waals surface area contributed by atoms with Crippen LogP contribution in [0, 0.1) is 5.82 Å². The third-order valence-electron chi connectivity index (χ3n) is 3.17. The van der Waals surface area contributed by atoms with E-state index in [0.717, 1.165) is 13.1 Å². The number of ether oxygens (including phenoxy) is 1. The molecule has 0 aliphatic carbocycles. The molecule has 0 radical (unpaired) electrons. The predicted molar refractivity (Wildman–Crippen MR) is 87.1 cm³/mol. The van der Waals surface area contributed by atoms with Gasteiger partial charge in [0.1, 0.15) is 5.82 Å². The maximum absolute atomic E-state index is 13.6. The zero-order chi connectivity index (χ0) is 14.9. The summed E-state index contributed by atoms with van der Waals surface area (Å²) in [5.41, 5.74) is 6.39. The van der Waals surface area contributed by atoms with Crippen molar-refractivity contribution >= 4 is 35.6 Å². The number of nitrogens with zero attached hydrogens (tertiary/aromatic N) is 1. The summed E-state index contributed by atoms with van der Waals surface area (Å²) in [5, 5.41) is 0.449. The van der Waals surface area contributed by atoms with E-state index in [1.165, 1.54) is 12.1 Å². The summed E-state index contributed by atoms with van der Waals surface area (Å²) in [6, 6.07) is 2.77. The van der Waals surface area contributed by atoms with E-state index < -0.39 is 5.82 Å². The minimum Gasteiger partial charge on any atom is -0.371 e. The van der Waals surface area contributed by atoms with Gasteiger partial charge in [-0.25, -0.2) is 4.39 Å². The average molecular weight is 358 g/mol. The van der Waals surface area contributed by atoms with Crippen molar-refractivity contribution in [2.75, 3.05) is 26.2 Å². The van der Waals surface area contributed by atoms with Crippen LogP contribution in [0.25, 0.3) is 0 Å². The Morgan fingerprint density at radius 2 is 2.05 bits per heavy atom. The zero-order valence-electron chi connectivity index (χ0n) is 12.0. The lowest BCUT2D eigenvalue weighted by Gasteiger charge is -2.37. The molecular weight excluding hydrogens is 338 g/mol. The second kappa shape index (κ2) is 7.44. The molecular formula is C14H20Cl3FN2O. The van der Waals surface area contributed by atoms with Crippen molar-refractivity contribution in [3.8, 4) is 0 Å². The van der Waals surface area contributed by atoms with Crippen molar-refractivity contribution in [2.45, 2.75) is 25.5 Å². The van der Waals surface area contributed by atoms with Crippen LogP contribution in [0.4, 0.5) is 4.39 Å². The Morgan fingerprint density at radius 3 is 2.67 bits per heavy atom. The van der Waals surface area contributed by atoms with Gasteiger partial charge >= 0.3 is 0 Å². The molecule has 0 bridgehead atoms.